The molecule has 4 aliphatic rings. The highest BCUT2D eigenvalue weighted by Crippen LogP contribution is 2.45. The molecule has 0 radical (unpaired) electrons. The summed E-state index contributed by atoms with van der Waals surface area (Å²) in [6, 6.07) is 5.97. The Bertz CT molecular complexity index is 1760. The van der Waals surface area contributed by atoms with Crippen LogP contribution in [0.2, 0.25) is 0 Å². The molecule has 7 nitrogen and oxygen atoms in total. The number of hydrogen-bond acceptors (Lipinski definition) is 7. The van der Waals surface area contributed by atoms with E-state index in [4.69, 9.17) is 9.72 Å². The van der Waals surface area contributed by atoms with Gasteiger partial charge in [-0.3, -0.25) is 9.88 Å². The number of phenols is 1. The Morgan fingerprint density at radius 2 is 1.91 bits per heavy atom. The summed E-state index contributed by atoms with van der Waals surface area (Å²) in [5.74, 6) is 0.632. The molecule has 2 aromatic heterocycles. The molecular weight excluding hydrogens is 555 g/mol. The number of nitrogens with zero attached hydrogens (tertiary/aromatic N) is 5. The lowest BCUT2D eigenvalue weighted by atomic mass is 9.77. The summed E-state index contributed by atoms with van der Waals surface area (Å²) in [4.78, 5) is 18.3. The third kappa shape index (κ3) is 4.24. The van der Waals surface area contributed by atoms with Crippen LogP contribution in [0.4, 0.5) is 19.0 Å². The molecule has 1 aliphatic carbocycles. The first kappa shape index (κ1) is 26.9. The highest BCUT2D eigenvalue weighted by Gasteiger charge is 2.49. The van der Waals surface area contributed by atoms with Crippen molar-refractivity contribution in [2.75, 3.05) is 37.7 Å². The quantitative estimate of drug-likeness (QED) is 0.287. The molecule has 0 amide bonds. The maximum Gasteiger partial charge on any atom is 0.319 e. The summed E-state index contributed by atoms with van der Waals surface area (Å²) in [5.41, 5.74) is 0.367. The van der Waals surface area contributed by atoms with Crippen molar-refractivity contribution >= 4 is 27.5 Å². The van der Waals surface area contributed by atoms with E-state index in [0.717, 1.165) is 32.5 Å². The first-order valence-electron chi connectivity index (χ1n) is 15.4. The smallest absolute Gasteiger partial charge is 0.319 e. The second kappa shape index (κ2) is 9.94. The van der Waals surface area contributed by atoms with Gasteiger partial charge in [0.1, 0.15) is 41.4 Å². The molecule has 224 valence electrons. The molecule has 2 aromatic carbocycles. The number of halogens is 3. The Balaban J connectivity index is 1.27. The molecule has 3 aliphatic heterocycles. The van der Waals surface area contributed by atoms with E-state index in [0.29, 0.717) is 64.3 Å². The van der Waals surface area contributed by atoms with Gasteiger partial charge in [-0.05, 0) is 85.0 Å². The molecule has 4 atom stereocenters. The van der Waals surface area contributed by atoms with Crippen molar-refractivity contribution in [2.45, 2.75) is 57.2 Å². The molecule has 5 heterocycles. The Labute approximate surface area is 247 Å². The van der Waals surface area contributed by atoms with Crippen molar-refractivity contribution in [2.24, 2.45) is 11.8 Å². The van der Waals surface area contributed by atoms with Crippen molar-refractivity contribution in [3.8, 4) is 23.0 Å². The SMILES string of the molecule is CCc1c(F)ccc2cc(O)cc(-c3ncc4c(N5C[C@H]6CC[C@H]6C5)nc(OC[C@@]56CCCN5C[C@H](F)C6)nc4c3F)c12. The fourth-order valence-electron chi connectivity index (χ4n) is 8.13. The van der Waals surface area contributed by atoms with Crippen LogP contribution in [-0.2, 0) is 6.42 Å². The Hall–Kier alpha value is -3.66. The van der Waals surface area contributed by atoms with Crippen LogP contribution >= 0.6 is 0 Å². The molecule has 0 unspecified atom stereocenters. The minimum Gasteiger partial charge on any atom is -0.508 e. The number of pyridine rings is 1. The number of phenolic OH excluding ortho intramolecular Hbond substituents is 1. The average molecular weight is 590 g/mol. The third-order valence-corrected chi connectivity index (χ3v) is 10.4. The summed E-state index contributed by atoms with van der Waals surface area (Å²) >= 11 is 0. The van der Waals surface area contributed by atoms with Gasteiger partial charge in [0.2, 0.25) is 0 Å². The molecular formula is C33H34F3N5O2. The number of hydrogen-bond donors (Lipinski definition) is 1. The van der Waals surface area contributed by atoms with E-state index in [2.05, 4.69) is 19.8 Å². The van der Waals surface area contributed by atoms with Gasteiger partial charge in [-0.15, -0.1) is 0 Å². The highest BCUT2D eigenvalue weighted by atomic mass is 19.1. The van der Waals surface area contributed by atoms with Gasteiger partial charge in [0.05, 0.1) is 10.9 Å². The van der Waals surface area contributed by atoms with Gasteiger partial charge in [0, 0.05) is 37.8 Å². The number of anilines is 1. The number of fused-ring (bicyclic) bond motifs is 4. The summed E-state index contributed by atoms with van der Waals surface area (Å²) in [7, 11) is 0. The van der Waals surface area contributed by atoms with Crippen molar-refractivity contribution in [1.29, 1.82) is 0 Å². The maximum atomic E-state index is 16.7. The first-order chi connectivity index (χ1) is 20.8. The van der Waals surface area contributed by atoms with Crippen molar-refractivity contribution in [3.63, 3.8) is 0 Å². The normalized spacial score (nSPS) is 26.7. The van der Waals surface area contributed by atoms with Gasteiger partial charge >= 0.3 is 6.01 Å². The van der Waals surface area contributed by atoms with Crippen LogP contribution in [0.25, 0.3) is 32.9 Å². The lowest BCUT2D eigenvalue weighted by Crippen LogP contribution is -2.43. The largest absolute Gasteiger partial charge is 0.508 e. The molecule has 1 saturated carbocycles. The number of benzene rings is 2. The molecule has 3 saturated heterocycles. The molecule has 43 heavy (non-hydrogen) atoms. The van der Waals surface area contributed by atoms with Crippen molar-refractivity contribution < 1.29 is 23.0 Å². The summed E-state index contributed by atoms with van der Waals surface area (Å²) < 4.78 is 52.3. The number of aromatic hydroxyl groups is 1. The van der Waals surface area contributed by atoms with E-state index < -0.39 is 23.3 Å². The standard InChI is InChI=1S/C33H34F3N5O2/c1-2-23-26(35)7-6-18-10-22(42)11-24(27(18)23)29-28(36)30-25(13-37-29)31(40-14-19-4-5-20(19)15-40)39-32(38-30)43-17-33-8-3-9-41(33)16-21(34)12-33/h6-7,10-11,13,19-21,42H,2-5,8-9,12,14-17H2,1H3/t19-,20+,21-,33+/m1/s1. The van der Waals surface area contributed by atoms with Crippen LogP contribution in [0.3, 0.4) is 0 Å². The van der Waals surface area contributed by atoms with E-state index in [9.17, 15) is 13.9 Å². The summed E-state index contributed by atoms with van der Waals surface area (Å²) in [5, 5.41) is 12.1. The molecule has 10 heteroatoms. The molecule has 8 rings (SSSR count). The average Bonchev–Trinajstić information content (AvgIpc) is 3.61. The van der Waals surface area contributed by atoms with Crippen LogP contribution in [0.1, 0.15) is 44.6 Å². The van der Waals surface area contributed by atoms with Crippen LogP contribution in [0.5, 0.6) is 11.8 Å². The zero-order valence-corrected chi connectivity index (χ0v) is 24.1. The minimum absolute atomic E-state index is 0.0255. The van der Waals surface area contributed by atoms with E-state index >= 15 is 4.39 Å². The Morgan fingerprint density at radius 1 is 1.09 bits per heavy atom. The predicted molar refractivity (Wildman–Crippen MR) is 158 cm³/mol. The van der Waals surface area contributed by atoms with Gasteiger partial charge in [-0.25, -0.2) is 13.2 Å². The number of ether oxygens (including phenoxy) is 1. The summed E-state index contributed by atoms with van der Waals surface area (Å²) in [6.45, 7) is 4.98. The van der Waals surface area contributed by atoms with Crippen molar-refractivity contribution in [1.82, 2.24) is 19.9 Å². The zero-order chi connectivity index (χ0) is 29.5. The minimum atomic E-state index is -0.891. The topological polar surface area (TPSA) is 74.6 Å². The van der Waals surface area contributed by atoms with Crippen LogP contribution < -0.4 is 9.64 Å². The molecule has 1 N–H and O–H groups in total. The number of alkyl halides is 1. The number of rotatable bonds is 6. The zero-order valence-electron chi connectivity index (χ0n) is 24.1. The van der Waals surface area contributed by atoms with Crippen LogP contribution in [0, 0.1) is 23.5 Å². The molecule has 0 spiro atoms. The Morgan fingerprint density at radius 3 is 2.67 bits per heavy atom. The fraction of sp³-hybridized carbons (Fsp3) is 0.485. The van der Waals surface area contributed by atoms with Gasteiger partial charge in [-0.1, -0.05) is 13.0 Å². The van der Waals surface area contributed by atoms with Crippen LogP contribution in [0.15, 0.2) is 30.5 Å². The number of aromatic nitrogens is 3. The van der Waals surface area contributed by atoms with Crippen molar-refractivity contribution in [3.05, 3.63) is 47.7 Å². The second-order valence-corrected chi connectivity index (χ2v) is 12.9. The van der Waals surface area contributed by atoms with E-state index in [-0.39, 0.29) is 29.6 Å². The second-order valence-electron chi connectivity index (χ2n) is 12.9. The fourth-order valence-corrected chi connectivity index (χ4v) is 8.13. The van der Waals surface area contributed by atoms with E-state index in [1.54, 1.807) is 18.3 Å². The maximum absolute atomic E-state index is 16.7. The predicted octanol–water partition coefficient (Wildman–Crippen LogP) is 6.19. The molecule has 4 fully saturated rings. The first-order valence-corrected chi connectivity index (χ1v) is 15.4. The van der Waals surface area contributed by atoms with Gasteiger partial charge in [0.25, 0.3) is 0 Å². The van der Waals surface area contributed by atoms with Gasteiger partial charge in [0.15, 0.2) is 5.82 Å². The number of aryl methyl sites for hydroxylation is 1. The lowest BCUT2D eigenvalue weighted by molar-refractivity contribution is 0.107. The Kier molecular flexibility index (Phi) is 6.22. The highest BCUT2D eigenvalue weighted by molar-refractivity contribution is 6.01. The molecule has 0 bridgehead atoms. The van der Waals surface area contributed by atoms with Gasteiger partial charge < -0.3 is 14.7 Å². The van der Waals surface area contributed by atoms with Gasteiger partial charge in [-0.2, -0.15) is 9.97 Å². The van der Waals surface area contributed by atoms with E-state index in [1.165, 1.54) is 25.0 Å². The third-order valence-electron chi connectivity index (χ3n) is 10.4. The monoisotopic (exact) mass is 589 g/mol. The van der Waals surface area contributed by atoms with E-state index in [1.807, 2.05) is 6.92 Å². The summed E-state index contributed by atoms with van der Waals surface area (Å²) in [6.07, 6.45) is 5.66. The molecule has 4 aromatic rings. The lowest BCUT2D eigenvalue weighted by Gasteiger charge is -2.31. The van der Waals surface area contributed by atoms with Crippen LogP contribution in [-0.4, -0.2) is 69.5 Å².